The molecule has 0 aromatic rings. The van der Waals surface area contributed by atoms with Crippen molar-refractivity contribution in [3.05, 3.63) is 11.9 Å². The number of unbranched alkanes of at least 4 members (excludes halogenated alkanes) is 4. The summed E-state index contributed by atoms with van der Waals surface area (Å²) in [7, 11) is -2.36. The molecule has 0 spiro atoms. The van der Waals surface area contributed by atoms with Gasteiger partial charge in [-0.25, -0.2) is 0 Å². The first kappa shape index (κ1) is 10.9. The van der Waals surface area contributed by atoms with Gasteiger partial charge in [0.1, 0.15) is 0 Å². The van der Waals surface area contributed by atoms with E-state index >= 15 is 0 Å². The molecule has 0 heterocycles. The van der Waals surface area contributed by atoms with E-state index < -0.39 is 8.03 Å². The monoisotopic (exact) mass is 176 g/mol. The number of hydrogen-bond acceptors (Lipinski definition) is 1. The summed E-state index contributed by atoms with van der Waals surface area (Å²) in [6.45, 7) is 2.17. The molecular weight excluding hydrogens is 159 g/mol. The van der Waals surface area contributed by atoms with E-state index in [-0.39, 0.29) is 0 Å². The maximum atomic E-state index is 10.2. The van der Waals surface area contributed by atoms with Crippen molar-refractivity contribution in [1.29, 1.82) is 0 Å². The highest BCUT2D eigenvalue weighted by molar-refractivity contribution is 7.41. The van der Waals surface area contributed by atoms with Gasteiger partial charge in [0.2, 0.25) is 8.03 Å². The number of rotatable bonds is 6. The predicted octanol–water partition coefficient (Wildman–Crippen LogP) is 2.94. The lowest BCUT2D eigenvalue weighted by Gasteiger charge is -1.92. The summed E-state index contributed by atoms with van der Waals surface area (Å²) in [5, 5.41) is 0. The molecule has 1 N–H and O–H groups in total. The first-order valence-corrected chi connectivity index (χ1v) is 5.60. The molecule has 66 valence electrons. The van der Waals surface area contributed by atoms with Gasteiger partial charge in [-0.3, -0.25) is 4.57 Å². The topological polar surface area (TPSA) is 37.3 Å². The highest BCUT2D eigenvalue weighted by Gasteiger charge is 1.85. The lowest BCUT2D eigenvalue weighted by Crippen LogP contribution is -1.72. The van der Waals surface area contributed by atoms with Gasteiger partial charge in [0, 0.05) is 0 Å². The van der Waals surface area contributed by atoms with Gasteiger partial charge in [0.15, 0.2) is 0 Å². The van der Waals surface area contributed by atoms with Crippen LogP contribution in [0.15, 0.2) is 11.9 Å². The molecule has 0 aliphatic carbocycles. The van der Waals surface area contributed by atoms with E-state index in [2.05, 4.69) is 6.92 Å². The second-order valence-corrected chi connectivity index (χ2v) is 3.60. The van der Waals surface area contributed by atoms with Crippen LogP contribution in [0.2, 0.25) is 0 Å². The third kappa shape index (κ3) is 9.93. The van der Waals surface area contributed by atoms with Gasteiger partial charge in [-0.15, -0.1) is 0 Å². The van der Waals surface area contributed by atoms with Crippen molar-refractivity contribution < 1.29 is 9.46 Å². The van der Waals surface area contributed by atoms with Crippen LogP contribution in [0, 0.1) is 0 Å². The highest BCUT2D eigenvalue weighted by atomic mass is 31.1. The van der Waals surface area contributed by atoms with Crippen LogP contribution in [-0.2, 0) is 4.57 Å². The predicted molar refractivity (Wildman–Crippen MR) is 49.1 cm³/mol. The summed E-state index contributed by atoms with van der Waals surface area (Å²) in [6.07, 6.45) is 7.61. The number of hydrogen-bond donors (Lipinski definition) is 1. The van der Waals surface area contributed by atoms with Crippen LogP contribution >= 0.6 is 8.03 Å². The van der Waals surface area contributed by atoms with Gasteiger partial charge < -0.3 is 4.89 Å². The molecule has 0 saturated heterocycles. The molecule has 0 aliphatic rings. The fourth-order valence-electron chi connectivity index (χ4n) is 0.873. The smallest absolute Gasteiger partial charge is 0.210 e. The van der Waals surface area contributed by atoms with Crippen molar-refractivity contribution in [1.82, 2.24) is 0 Å². The quantitative estimate of drug-likeness (QED) is 0.499. The zero-order valence-electron chi connectivity index (χ0n) is 7.05. The van der Waals surface area contributed by atoms with Gasteiger partial charge in [-0.1, -0.05) is 32.3 Å². The largest absolute Gasteiger partial charge is 0.344 e. The minimum absolute atomic E-state index is 0.941. The van der Waals surface area contributed by atoms with E-state index in [4.69, 9.17) is 4.89 Å². The summed E-state index contributed by atoms with van der Waals surface area (Å²) in [4.78, 5) is 8.41. The van der Waals surface area contributed by atoms with Crippen LogP contribution < -0.4 is 0 Å². The van der Waals surface area contributed by atoms with Crippen LogP contribution in [0.5, 0.6) is 0 Å². The standard InChI is InChI=1S/C8H17O2P/c1-2-3-4-5-6-7-8-11(9)10/h7-8,11H,2-6H2,1H3,(H,9,10)/b8-7+. The van der Waals surface area contributed by atoms with Crippen LogP contribution in [0.3, 0.4) is 0 Å². The Morgan fingerprint density at radius 1 is 1.36 bits per heavy atom. The van der Waals surface area contributed by atoms with Crippen molar-refractivity contribution in [3.8, 4) is 0 Å². The molecule has 1 unspecified atom stereocenters. The lowest BCUT2D eigenvalue weighted by atomic mass is 10.2. The minimum Gasteiger partial charge on any atom is -0.344 e. The molecule has 3 heteroatoms. The minimum atomic E-state index is -2.36. The SMILES string of the molecule is CCCCCC/C=C/[PH](=O)O. The Balaban J connectivity index is 3.07. The van der Waals surface area contributed by atoms with E-state index in [9.17, 15) is 4.57 Å². The normalized spacial score (nSPS) is 14.0. The van der Waals surface area contributed by atoms with Gasteiger partial charge in [0.25, 0.3) is 0 Å². The Labute approximate surface area is 69.2 Å². The zero-order valence-corrected chi connectivity index (χ0v) is 8.05. The fourth-order valence-corrected chi connectivity index (χ4v) is 1.24. The third-order valence-corrected chi connectivity index (χ3v) is 2.01. The van der Waals surface area contributed by atoms with Crippen molar-refractivity contribution in [2.45, 2.75) is 39.0 Å². The summed E-state index contributed by atoms with van der Waals surface area (Å²) >= 11 is 0. The molecule has 0 radical (unpaired) electrons. The molecule has 0 amide bonds. The molecule has 0 aromatic heterocycles. The second kappa shape index (κ2) is 8.03. The van der Waals surface area contributed by atoms with E-state index in [0.717, 1.165) is 12.8 Å². The Hall–Kier alpha value is -0.0700. The average Bonchev–Trinajstić information content (AvgIpc) is 1.96. The summed E-state index contributed by atoms with van der Waals surface area (Å²) in [6, 6.07) is 0. The van der Waals surface area contributed by atoms with Crippen LogP contribution in [0.25, 0.3) is 0 Å². The van der Waals surface area contributed by atoms with Gasteiger partial charge in [0.05, 0.1) is 0 Å². The molecule has 0 fully saturated rings. The Morgan fingerprint density at radius 3 is 2.64 bits per heavy atom. The maximum Gasteiger partial charge on any atom is 0.210 e. The summed E-state index contributed by atoms with van der Waals surface area (Å²) in [5.41, 5.74) is 0. The molecule has 11 heavy (non-hydrogen) atoms. The Morgan fingerprint density at radius 2 is 2.09 bits per heavy atom. The van der Waals surface area contributed by atoms with Crippen LogP contribution in [0.4, 0.5) is 0 Å². The molecular formula is C8H17O2P. The second-order valence-electron chi connectivity index (χ2n) is 2.59. The van der Waals surface area contributed by atoms with Crippen LogP contribution in [-0.4, -0.2) is 4.89 Å². The first-order chi connectivity index (χ1) is 5.27. The molecule has 0 aromatic carbocycles. The molecule has 0 bridgehead atoms. The lowest BCUT2D eigenvalue weighted by molar-refractivity contribution is 0.512. The molecule has 2 nitrogen and oxygen atoms in total. The molecule has 0 saturated carbocycles. The van der Waals surface area contributed by atoms with Gasteiger partial charge in [-0.2, -0.15) is 0 Å². The Bertz CT molecular complexity index is 132. The highest BCUT2D eigenvalue weighted by Crippen LogP contribution is 2.15. The molecule has 0 rings (SSSR count). The van der Waals surface area contributed by atoms with Crippen molar-refractivity contribution in [2.75, 3.05) is 0 Å². The van der Waals surface area contributed by atoms with Gasteiger partial charge in [-0.05, 0) is 18.7 Å². The van der Waals surface area contributed by atoms with Crippen molar-refractivity contribution in [2.24, 2.45) is 0 Å². The third-order valence-electron chi connectivity index (χ3n) is 1.48. The zero-order chi connectivity index (χ0) is 8.53. The maximum absolute atomic E-state index is 10.2. The van der Waals surface area contributed by atoms with E-state index in [1.54, 1.807) is 6.08 Å². The average molecular weight is 176 g/mol. The number of allylic oxidation sites excluding steroid dienone is 1. The van der Waals surface area contributed by atoms with Crippen molar-refractivity contribution in [3.63, 3.8) is 0 Å². The molecule has 1 atom stereocenters. The molecule has 0 aliphatic heterocycles. The Kier molecular flexibility index (Phi) is 7.98. The van der Waals surface area contributed by atoms with E-state index in [1.165, 1.54) is 25.1 Å². The summed E-state index contributed by atoms with van der Waals surface area (Å²) < 4.78 is 10.2. The van der Waals surface area contributed by atoms with E-state index in [1.807, 2.05) is 0 Å². The fraction of sp³-hybridized carbons (Fsp3) is 0.750. The van der Waals surface area contributed by atoms with E-state index in [0.29, 0.717) is 0 Å². The van der Waals surface area contributed by atoms with Crippen LogP contribution in [0.1, 0.15) is 39.0 Å². The van der Waals surface area contributed by atoms with Gasteiger partial charge >= 0.3 is 0 Å². The first-order valence-electron chi connectivity index (χ1n) is 4.17. The van der Waals surface area contributed by atoms with Crippen molar-refractivity contribution >= 4 is 8.03 Å². The summed E-state index contributed by atoms with van der Waals surface area (Å²) in [5.74, 6) is 1.40.